The van der Waals surface area contributed by atoms with Gasteiger partial charge >= 0.3 is 6.36 Å². The number of anilines is 1. The third kappa shape index (κ3) is 9.26. The Bertz CT molecular complexity index is 1820. The van der Waals surface area contributed by atoms with Crippen molar-refractivity contribution in [1.82, 2.24) is 20.4 Å². The largest absolute Gasteiger partial charge is 0.573 e. The van der Waals surface area contributed by atoms with Gasteiger partial charge in [-0.15, -0.1) is 13.2 Å². The number of nitrogens with one attached hydrogen (secondary N) is 2. The van der Waals surface area contributed by atoms with E-state index in [1.807, 2.05) is 18.2 Å². The smallest absolute Gasteiger partial charge is 0.484 e. The highest BCUT2D eigenvalue weighted by Crippen LogP contribution is 2.27. The van der Waals surface area contributed by atoms with Gasteiger partial charge in [0.15, 0.2) is 6.61 Å². The molecule has 0 amide bonds. The Kier molecular flexibility index (Phi) is 10.1. The Balaban J connectivity index is 1.10. The quantitative estimate of drug-likeness (QED) is 0.135. The minimum atomic E-state index is -4.83. The zero-order valence-electron chi connectivity index (χ0n) is 24.0. The van der Waals surface area contributed by atoms with Crippen molar-refractivity contribution in [3.8, 4) is 22.9 Å². The lowest BCUT2D eigenvalue weighted by atomic mass is 10.1. The summed E-state index contributed by atoms with van der Waals surface area (Å²) in [4.78, 5) is 8.21. The van der Waals surface area contributed by atoms with Gasteiger partial charge in [0.2, 0.25) is 5.82 Å². The van der Waals surface area contributed by atoms with Gasteiger partial charge in [0.05, 0.1) is 11.0 Å². The van der Waals surface area contributed by atoms with E-state index in [1.54, 1.807) is 30.6 Å². The van der Waals surface area contributed by atoms with E-state index in [1.165, 1.54) is 36.4 Å². The number of hydrogen-bond donors (Lipinski definition) is 3. The van der Waals surface area contributed by atoms with Crippen LogP contribution in [-0.2, 0) is 23.1 Å². The molecule has 240 valence electrons. The maximum atomic E-state index is 13.0. The molecule has 0 saturated carbocycles. The van der Waals surface area contributed by atoms with Crippen LogP contribution in [0.2, 0.25) is 0 Å². The van der Waals surface area contributed by atoms with Crippen molar-refractivity contribution in [2.24, 2.45) is 0 Å². The molecule has 15 heteroatoms. The van der Waals surface area contributed by atoms with Crippen LogP contribution in [-0.4, -0.2) is 48.1 Å². The van der Waals surface area contributed by atoms with E-state index in [0.29, 0.717) is 30.8 Å². The molecule has 3 aromatic carbocycles. The standard InChI is InChI=1S/C31H28F3N5O6S/c32-31(33,34)44-26-5-1-4-25(17-26)43-20-29-37-30(38-45-29)22-8-12-27(13-9-22)46(41,42)39-24-10-6-21(7-11-24)14-16-36-19-28(40)23-3-2-15-35-18-23/h1-13,15,17-18,28,36,39-40H,14,16,19-20H2. The summed E-state index contributed by atoms with van der Waals surface area (Å²) in [5, 5.41) is 17.3. The van der Waals surface area contributed by atoms with Crippen LogP contribution in [0.25, 0.3) is 11.4 Å². The predicted octanol–water partition coefficient (Wildman–Crippen LogP) is 5.28. The van der Waals surface area contributed by atoms with Crippen LogP contribution in [0.5, 0.6) is 11.5 Å². The first-order valence-corrected chi connectivity index (χ1v) is 15.3. The molecule has 0 saturated heterocycles. The van der Waals surface area contributed by atoms with Crippen LogP contribution < -0.4 is 19.5 Å². The maximum absolute atomic E-state index is 13.0. The van der Waals surface area contributed by atoms with Crippen molar-refractivity contribution in [3.63, 3.8) is 0 Å². The van der Waals surface area contributed by atoms with Gasteiger partial charge in [0.1, 0.15) is 11.5 Å². The fraction of sp³-hybridized carbons (Fsp3) is 0.194. The highest BCUT2D eigenvalue weighted by molar-refractivity contribution is 7.92. The normalized spacial score (nSPS) is 12.4. The SMILES string of the molecule is O=S(=O)(Nc1ccc(CCNCC(O)c2cccnc2)cc1)c1ccc(-c2noc(COc3cccc(OC(F)(F)F)c3)n2)cc1. The van der Waals surface area contributed by atoms with Gasteiger partial charge in [0.25, 0.3) is 15.9 Å². The zero-order chi connectivity index (χ0) is 32.6. The number of aromatic nitrogens is 3. The topological polar surface area (TPSA) is 149 Å². The molecular formula is C31H28F3N5O6S. The molecule has 0 radical (unpaired) electrons. The maximum Gasteiger partial charge on any atom is 0.573 e. The summed E-state index contributed by atoms with van der Waals surface area (Å²) in [5.41, 5.74) is 2.59. The Morgan fingerprint density at radius 1 is 0.957 bits per heavy atom. The van der Waals surface area contributed by atoms with Crippen LogP contribution in [0.1, 0.15) is 23.1 Å². The van der Waals surface area contributed by atoms with Crippen LogP contribution in [0.15, 0.2) is 107 Å². The molecule has 0 aliphatic rings. The van der Waals surface area contributed by atoms with E-state index in [-0.39, 0.29) is 29.0 Å². The van der Waals surface area contributed by atoms with Crippen molar-refractivity contribution >= 4 is 15.7 Å². The third-order valence-corrected chi connectivity index (χ3v) is 7.89. The molecule has 0 bridgehead atoms. The van der Waals surface area contributed by atoms with Gasteiger partial charge in [-0.25, -0.2) is 8.42 Å². The number of pyridine rings is 1. The molecule has 0 aliphatic heterocycles. The van der Waals surface area contributed by atoms with Crippen molar-refractivity contribution in [1.29, 1.82) is 0 Å². The first kappa shape index (κ1) is 32.4. The van der Waals surface area contributed by atoms with Gasteiger partial charge in [-0.1, -0.05) is 29.4 Å². The highest BCUT2D eigenvalue weighted by atomic mass is 32.2. The Labute approximate surface area is 262 Å². The van der Waals surface area contributed by atoms with E-state index in [9.17, 15) is 26.7 Å². The number of hydrogen-bond acceptors (Lipinski definition) is 10. The molecule has 0 spiro atoms. The molecule has 1 atom stereocenters. The number of sulfonamides is 1. The summed E-state index contributed by atoms with van der Waals surface area (Å²) >= 11 is 0. The molecule has 2 aromatic heterocycles. The number of halogens is 3. The number of aliphatic hydroxyl groups is 1. The molecule has 46 heavy (non-hydrogen) atoms. The van der Waals surface area contributed by atoms with Gasteiger partial charge in [-0.05, 0) is 73.1 Å². The van der Waals surface area contributed by atoms with Crippen molar-refractivity contribution < 1.29 is 40.7 Å². The van der Waals surface area contributed by atoms with Crippen molar-refractivity contribution in [2.75, 3.05) is 17.8 Å². The predicted molar refractivity (Wildman–Crippen MR) is 160 cm³/mol. The lowest BCUT2D eigenvalue weighted by molar-refractivity contribution is -0.274. The second-order valence-corrected chi connectivity index (χ2v) is 11.6. The Morgan fingerprint density at radius 3 is 2.43 bits per heavy atom. The molecular weight excluding hydrogens is 627 g/mol. The minimum absolute atomic E-state index is 0.0182. The average Bonchev–Trinajstić information content (AvgIpc) is 3.52. The second-order valence-electron chi connectivity index (χ2n) is 9.91. The molecule has 1 unspecified atom stereocenters. The van der Waals surface area contributed by atoms with Gasteiger partial charge in [0, 0.05) is 41.8 Å². The first-order chi connectivity index (χ1) is 22.0. The van der Waals surface area contributed by atoms with Crippen molar-refractivity contribution in [2.45, 2.75) is 30.4 Å². The summed E-state index contributed by atoms with van der Waals surface area (Å²) in [6, 6.07) is 21.4. The lowest BCUT2D eigenvalue weighted by Crippen LogP contribution is -2.23. The Morgan fingerprint density at radius 2 is 1.72 bits per heavy atom. The number of nitrogens with zero attached hydrogens (tertiary/aromatic N) is 3. The number of alkyl halides is 3. The fourth-order valence-corrected chi connectivity index (χ4v) is 5.29. The molecule has 2 heterocycles. The van der Waals surface area contributed by atoms with Crippen LogP contribution in [0, 0.1) is 0 Å². The van der Waals surface area contributed by atoms with Gasteiger partial charge in [-0.2, -0.15) is 4.98 Å². The van der Waals surface area contributed by atoms with Crippen molar-refractivity contribution in [3.05, 3.63) is 114 Å². The molecule has 5 rings (SSSR count). The van der Waals surface area contributed by atoms with Gasteiger partial charge in [-0.3, -0.25) is 9.71 Å². The van der Waals surface area contributed by atoms with Crippen LogP contribution in [0.3, 0.4) is 0 Å². The van der Waals surface area contributed by atoms with Gasteiger partial charge < -0.3 is 24.4 Å². The summed E-state index contributed by atoms with van der Waals surface area (Å²) in [7, 11) is -3.89. The van der Waals surface area contributed by atoms with Crippen LogP contribution >= 0.6 is 0 Å². The van der Waals surface area contributed by atoms with E-state index < -0.39 is 28.2 Å². The summed E-state index contributed by atoms with van der Waals surface area (Å²) < 4.78 is 80.3. The third-order valence-electron chi connectivity index (χ3n) is 6.50. The van der Waals surface area contributed by atoms with Crippen LogP contribution in [0.4, 0.5) is 18.9 Å². The highest BCUT2D eigenvalue weighted by Gasteiger charge is 2.31. The molecule has 5 aromatic rings. The molecule has 0 aliphatic carbocycles. The summed E-state index contributed by atoms with van der Waals surface area (Å²) in [5.74, 6) is -0.112. The molecule has 3 N–H and O–H groups in total. The number of ether oxygens (including phenoxy) is 2. The lowest BCUT2D eigenvalue weighted by Gasteiger charge is -2.12. The minimum Gasteiger partial charge on any atom is -0.484 e. The van der Waals surface area contributed by atoms with E-state index in [2.05, 4.69) is 29.9 Å². The van der Waals surface area contributed by atoms with E-state index in [0.717, 1.165) is 23.3 Å². The zero-order valence-corrected chi connectivity index (χ0v) is 24.8. The monoisotopic (exact) mass is 655 g/mol. The molecule has 11 nitrogen and oxygen atoms in total. The Hall–Kier alpha value is -4.99. The first-order valence-electron chi connectivity index (χ1n) is 13.9. The van der Waals surface area contributed by atoms with E-state index in [4.69, 9.17) is 9.26 Å². The summed E-state index contributed by atoms with van der Waals surface area (Å²) in [6.07, 6.45) is -1.54. The molecule has 0 fully saturated rings. The fourth-order valence-electron chi connectivity index (χ4n) is 4.24. The number of aliphatic hydroxyl groups excluding tert-OH is 1. The number of rotatable bonds is 14. The second kappa shape index (κ2) is 14.4. The number of benzene rings is 3. The van der Waals surface area contributed by atoms with E-state index >= 15 is 0 Å². The summed E-state index contributed by atoms with van der Waals surface area (Å²) in [6.45, 7) is 0.786. The average molecular weight is 656 g/mol.